The van der Waals surface area contributed by atoms with Crippen molar-refractivity contribution in [3.8, 4) is 11.5 Å². The Bertz CT molecular complexity index is 1110. The second kappa shape index (κ2) is 8.08. The molecule has 0 atom stereocenters. The standard InChI is InChI=1S/C20H23N3O4S2/c1-13-5-6-15(20(2,3)4)11-16(13)29(25,26)23-17(24)7-8-18-21-22-19(27-18)14-9-10-28-12-14/h5-6,9-12H,7-8H2,1-4H3,(H,23,24). The SMILES string of the molecule is Cc1ccc(C(C)(C)C)cc1S(=O)(=O)NC(=O)CCc1nnc(-c2ccsc2)o1. The summed E-state index contributed by atoms with van der Waals surface area (Å²) in [6.07, 6.45) is 0.0714. The molecule has 2 aromatic heterocycles. The third-order valence-corrected chi connectivity index (χ3v) is 6.59. The Morgan fingerprint density at radius 2 is 1.97 bits per heavy atom. The van der Waals surface area contributed by atoms with Gasteiger partial charge < -0.3 is 4.42 Å². The molecule has 0 radical (unpaired) electrons. The smallest absolute Gasteiger partial charge is 0.264 e. The number of aryl methyl sites for hydroxylation is 2. The van der Waals surface area contributed by atoms with Gasteiger partial charge in [-0.15, -0.1) is 10.2 Å². The van der Waals surface area contributed by atoms with Gasteiger partial charge in [-0.1, -0.05) is 32.9 Å². The number of thiophene rings is 1. The van der Waals surface area contributed by atoms with Crippen LogP contribution in [0.5, 0.6) is 0 Å². The van der Waals surface area contributed by atoms with Gasteiger partial charge in [-0.2, -0.15) is 11.3 Å². The number of hydrogen-bond donors (Lipinski definition) is 1. The first kappa shape index (κ1) is 21.2. The van der Waals surface area contributed by atoms with Gasteiger partial charge in [-0.05, 0) is 41.0 Å². The fraction of sp³-hybridized carbons (Fsp3) is 0.350. The van der Waals surface area contributed by atoms with Gasteiger partial charge in [0.05, 0.1) is 4.90 Å². The van der Waals surface area contributed by atoms with Crippen LogP contribution in [0.15, 0.2) is 44.3 Å². The van der Waals surface area contributed by atoms with Gasteiger partial charge >= 0.3 is 0 Å². The van der Waals surface area contributed by atoms with Gasteiger partial charge in [0, 0.05) is 23.8 Å². The molecule has 0 spiro atoms. The van der Waals surface area contributed by atoms with Gasteiger partial charge in [-0.25, -0.2) is 13.1 Å². The molecule has 0 unspecified atom stereocenters. The predicted octanol–water partition coefficient (Wildman–Crippen LogP) is 3.84. The average molecular weight is 434 g/mol. The maximum atomic E-state index is 12.7. The number of rotatable bonds is 6. The van der Waals surface area contributed by atoms with Crippen molar-refractivity contribution in [2.75, 3.05) is 0 Å². The minimum absolute atomic E-state index is 0.0808. The van der Waals surface area contributed by atoms with E-state index >= 15 is 0 Å². The van der Waals surface area contributed by atoms with Crippen molar-refractivity contribution in [3.05, 3.63) is 52.0 Å². The van der Waals surface area contributed by atoms with E-state index in [1.54, 1.807) is 19.1 Å². The number of amides is 1. The minimum Gasteiger partial charge on any atom is -0.421 e. The van der Waals surface area contributed by atoms with Crippen molar-refractivity contribution in [1.29, 1.82) is 0 Å². The lowest BCUT2D eigenvalue weighted by atomic mass is 9.87. The van der Waals surface area contributed by atoms with Crippen LogP contribution < -0.4 is 4.72 Å². The first-order valence-corrected chi connectivity index (χ1v) is 11.5. The lowest BCUT2D eigenvalue weighted by Crippen LogP contribution is -2.31. The second-order valence-corrected chi connectivity index (χ2v) is 10.2. The fourth-order valence-corrected chi connectivity index (χ4v) is 4.61. The highest BCUT2D eigenvalue weighted by atomic mass is 32.2. The van der Waals surface area contributed by atoms with Crippen LogP contribution in [0.25, 0.3) is 11.5 Å². The quantitative estimate of drug-likeness (QED) is 0.634. The van der Waals surface area contributed by atoms with Crippen molar-refractivity contribution >= 4 is 27.3 Å². The van der Waals surface area contributed by atoms with E-state index in [2.05, 4.69) is 14.9 Å². The lowest BCUT2D eigenvalue weighted by molar-refractivity contribution is -0.119. The summed E-state index contributed by atoms with van der Waals surface area (Å²) in [6, 6.07) is 7.13. The largest absolute Gasteiger partial charge is 0.421 e. The summed E-state index contributed by atoms with van der Waals surface area (Å²) in [5.41, 5.74) is 2.06. The van der Waals surface area contributed by atoms with Crippen LogP contribution in [0.4, 0.5) is 0 Å². The molecule has 1 amide bonds. The Balaban J connectivity index is 1.67. The number of nitrogens with one attached hydrogen (secondary N) is 1. The molecule has 0 fully saturated rings. The van der Waals surface area contributed by atoms with Crippen molar-refractivity contribution in [1.82, 2.24) is 14.9 Å². The molecule has 0 aliphatic rings. The van der Waals surface area contributed by atoms with Crippen molar-refractivity contribution in [2.45, 2.75) is 50.8 Å². The number of carbonyl (C=O) groups is 1. The second-order valence-electron chi connectivity index (χ2n) is 7.77. The van der Waals surface area contributed by atoms with Crippen molar-refractivity contribution < 1.29 is 17.6 Å². The van der Waals surface area contributed by atoms with E-state index in [1.165, 1.54) is 11.3 Å². The van der Waals surface area contributed by atoms with Crippen LogP contribution >= 0.6 is 11.3 Å². The minimum atomic E-state index is -3.97. The molecule has 0 bridgehead atoms. The number of carbonyl (C=O) groups excluding carboxylic acids is 1. The highest BCUT2D eigenvalue weighted by Gasteiger charge is 2.23. The molecule has 3 aromatic rings. The van der Waals surface area contributed by atoms with E-state index in [9.17, 15) is 13.2 Å². The van der Waals surface area contributed by atoms with Crippen molar-refractivity contribution in [3.63, 3.8) is 0 Å². The third-order valence-electron chi connectivity index (χ3n) is 4.39. The number of benzene rings is 1. The van der Waals surface area contributed by atoms with Crippen LogP contribution in [0, 0.1) is 6.92 Å². The number of aromatic nitrogens is 2. The topological polar surface area (TPSA) is 102 Å². The van der Waals surface area contributed by atoms with Gasteiger partial charge in [0.1, 0.15) is 0 Å². The van der Waals surface area contributed by atoms with Gasteiger partial charge in [0.15, 0.2) is 0 Å². The zero-order valence-electron chi connectivity index (χ0n) is 16.7. The van der Waals surface area contributed by atoms with Crippen LogP contribution in [0.1, 0.15) is 44.2 Å². The molecule has 0 saturated heterocycles. The molecule has 1 N–H and O–H groups in total. The molecule has 9 heteroatoms. The lowest BCUT2D eigenvalue weighted by Gasteiger charge is -2.20. The number of nitrogens with zero attached hydrogens (tertiary/aromatic N) is 2. The Labute approximate surface area is 174 Å². The molecule has 3 rings (SSSR count). The van der Waals surface area contributed by atoms with E-state index in [0.29, 0.717) is 11.5 Å². The molecule has 1 aromatic carbocycles. The van der Waals surface area contributed by atoms with Crippen LogP contribution in [-0.4, -0.2) is 24.5 Å². The average Bonchev–Trinajstić information content (AvgIpc) is 3.30. The van der Waals surface area contributed by atoms with Gasteiger partial charge in [-0.3, -0.25) is 4.79 Å². The van der Waals surface area contributed by atoms with E-state index in [-0.39, 0.29) is 29.0 Å². The molecule has 0 aliphatic carbocycles. The molecule has 0 saturated carbocycles. The first-order chi connectivity index (χ1) is 13.6. The van der Waals surface area contributed by atoms with E-state index in [4.69, 9.17) is 4.42 Å². The Kier molecular flexibility index (Phi) is 5.90. The highest BCUT2D eigenvalue weighted by Crippen LogP contribution is 2.26. The summed E-state index contributed by atoms with van der Waals surface area (Å²) >= 11 is 1.51. The Morgan fingerprint density at radius 3 is 2.62 bits per heavy atom. The molecule has 7 nitrogen and oxygen atoms in total. The first-order valence-electron chi connectivity index (χ1n) is 9.08. The van der Waals surface area contributed by atoms with Crippen LogP contribution in [-0.2, 0) is 26.7 Å². The normalized spacial score (nSPS) is 12.1. The number of sulfonamides is 1. The summed E-state index contributed by atoms with van der Waals surface area (Å²) < 4.78 is 33.1. The summed E-state index contributed by atoms with van der Waals surface area (Å²) in [7, 11) is -3.97. The van der Waals surface area contributed by atoms with Crippen molar-refractivity contribution in [2.24, 2.45) is 0 Å². The monoisotopic (exact) mass is 433 g/mol. The van der Waals surface area contributed by atoms with E-state index in [0.717, 1.165) is 11.1 Å². The highest BCUT2D eigenvalue weighted by molar-refractivity contribution is 7.90. The number of hydrogen-bond acceptors (Lipinski definition) is 7. The molecule has 154 valence electrons. The predicted molar refractivity (Wildman–Crippen MR) is 111 cm³/mol. The van der Waals surface area contributed by atoms with E-state index < -0.39 is 15.9 Å². The van der Waals surface area contributed by atoms with Crippen LogP contribution in [0.2, 0.25) is 0 Å². The summed E-state index contributed by atoms with van der Waals surface area (Å²) in [4.78, 5) is 12.4. The maximum Gasteiger partial charge on any atom is 0.264 e. The van der Waals surface area contributed by atoms with Gasteiger partial charge in [0.2, 0.25) is 17.7 Å². The maximum absolute atomic E-state index is 12.7. The molecule has 0 aliphatic heterocycles. The zero-order chi connectivity index (χ0) is 21.2. The van der Waals surface area contributed by atoms with Crippen LogP contribution in [0.3, 0.4) is 0 Å². The van der Waals surface area contributed by atoms with Gasteiger partial charge in [0.25, 0.3) is 10.0 Å². The Hall–Kier alpha value is -2.52. The Morgan fingerprint density at radius 1 is 1.21 bits per heavy atom. The third kappa shape index (κ3) is 5.10. The fourth-order valence-electron chi connectivity index (χ4n) is 2.69. The molecular weight excluding hydrogens is 410 g/mol. The summed E-state index contributed by atoms with van der Waals surface area (Å²) in [6.45, 7) is 7.71. The molecular formula is C20H23N3O4S2. The molecule has 2 heterocycles. The molecule has 29 heavy (non-hydrogen) atoms. The summed E-state index contributed by atoms with van der Waals surface area (Å²) in [5, 5.41) is 11.6. The zero-order valence-corrected chi connectivity index (χ0v) is 18.4. The van der Waals surface area contributed by atoms with E-state index in [1.807, 2.05) is 43.7 Å². The summed E-state index contributed by atoms with van der Waals surface area (Å²) in [5.74, 6) is 0.0365.